The summed E-state index contributed by atoms with van der Waals surface area (Å²) in [5.41, 5.74) is 4.30. The molecule has 0 spiro atoms. The number of anilines is 2. The van der Waals surface area contributed by atoms with E-state index in [1.165, 1.54) is 5.56 Å². The first kappa shape index (κ1) is 19.4. The normalized spacial score (nSPS) is 10.6. The number of nitrogens with zero attached hydrogens (tertiary/aromatic N) is 1. The summed E-state index contributed by atoms with van der Waals surface area (Å²) in [6, 6.07) is 17.6. The van der Waals surface area contributed by atoms with Crippen molar-refractivity contribution in [1.29, 1.82) is 0 Å². The fourth-order valence-corrected chi connectivity index (χ4v) is 2.70. The lowest BCUT2D eigenvalue weighted by Crippen LogP contribution is -2.23. The second-order valence-corrected chi connectivity index (χ2v) is 6.92. The molecule has 28 heavy (non-hydrogen) atoms. The quantitative estimate of drug-likeness (QED) is 0.620. The second-order valence-electron chi connectivity index (χ2n) is 6.92. The van der Waals surface area contributed by atoms with Crippen LogP contribution in [-0.4, -0.2) is 17.0 Å². The van der Waals surface area contributed by atoms with Crippen LogP contribution in [0.15, 0.2) is 67.0 Å². The molecule has 0 saturated carbocycles. The molecule has 0 unspecified atom stereocenters. The summed E-state index contributed by atoms with van der Waals surface area (Å²) in [6.45, 7) is 6.48. The molecule has 0 saturated heterocycles. The van der Waals surface area contributed by atoms with Crippen LogP contribution in [0.4, 0.5) is 11.4 Å². The van der Waals surface area contributed by atoms with Gasteiger partial charge in [0.2, 0.25) is 0 Å². The third kappa shape index (κ3) is 5.33. The number of aromatic nitrogens is 1. The standard InChI is InChI=1S/C23H25N3O2/c1-16(2)28-22-7-5-4-6-21(22)26-20-12-19(14-24-15-20)23(27)25-13-18-10-8-17(3)9-11-18/h4-12,14-16,26H,13H2,1-3H3,(H,25,27). The lowest BCUT2D eigenvalue weighted by Gasteiger charge is -2.15. The van der Waals surface area contributed by atoms with Crippen molar-refractivity contribution in [3.8, 4) is 5.75 Å². The highest BCUT2D eigenvalue weighted by Crippen LogP contribution is 2.28. The van der Waals surface area contributed by atoms with E-state index in [2.05, 4.69) is 15.6 Å². The van der Waals surface area contributed by atoms with Crippen LogP contribution in [0.5, 0.6) is 5.75 Å². The number of pyridine rings is 1. The Morgan fingerprint density at radius 1 is 1.07 bits per heavy atom. The molecule has 1 amide bonds. The van der Waals surface area contributed by atoms with Crippen LogP contribution >= 0.6 is 0 Å². The van der Waals surface area contributed by atoms with Crippen molar-refractivity contribution in [3.63, 3.8) is 0 Å². The Morgan fingerprint density at radius 3 is 2.57 bits per heavy atom. The van der Waals surface area contributed by atoms with Crippen LogP contribution in [0.25, 0.3) is 0 Å². The Labute approximate surface area is 165 Å². The van der Waals surface area contributed by atoms with E-state index in [0.717, 1.165) is 22.7 Å². The van der Waals surface area contributed by atoms with E-state index in [-0.39, 0.29) is 12.0 Å². The number of amides is 1. The number of benzene rings is 2. The van der Waals surface area contributed by atoms with Crippen molar-refractivity contribution in [2.45, 2.75) is 33.4 Å². The third-order valence-electron chi connectivity index (χ3n) is 4.10. The first-order valence-corrected chi connectivity index (χ1v) is 9.33. The average molecular weight is 375 g/mol. The van der Waals surface area contributed by atoms with Gasteiger partial charge < -0.3 is 15.4 Å². The van der Waals surface area contributed by atoms with Gasteiger partial charge in [-0.2, -0.15) is 0 Å². The largest absolute Gasteiger partial charge is 0.489 e. The Kier molecular flexibility index (Phi) is 6.27. The van der Waals surface area contributed by atoms with E-state index in [1.54, 1.807) is 18.5 Å². The lowest BCUT2D eigenvalue weighted by atomic mass is 10.1. The van der Waals surface area contributed by atoms with E-state index < -0.39 is 0 Å². The summed E-state index contributed by atoms with van der Waals surface area (Å²) < 4.78 is 5.83. The maximum atomic E-state index is 12.5. The number of carbonyl (C=O) groups is 1. The molecule has 0 aliphatic rings. The number of hydrogen-bond donors (Lipinski definition) is 2. The van der Waals surface area contributed by atoms with Crippen molar-refractivity contribution in [3.05, 3.63) is 83.7 Å². The fraction of sp³-hybridized carbons (Fsp3) is 0.217. The minimum atomic E-state index is -0.163. The molecule has 0 atom stereocenters. The Balaban J connectivity index is 1.68. The minimum Gasteiger partial charge on any atom is -0.489 e. The number of rotatable bonds is 7. The summed E-state index contributed by atoms with van der Waals surface area (Å²) in [5, 5.41) is 6.22. The minimum absolute atomic E-state index is 0.0694. The van der Waals surface area contributed by atoms with Crippen molar-refractivity contribution >= 4 is 17.3 Å². The van der Waals surface area contributed by atoms with Gasteiger partial charge in [-0.3, -0.25) is 9.78 Å². The van der Waals surface area contributed by atoms with Crippen molar-refractivity contribution in [1.82, 2.24) is 10.3 Å². The number of nitrogens with one attached hydrogen (secondary N) is 2. The molecule has 0 aliphatic carbocycles. The van der Waals surface area contributed by atoms with Gasteiger partial charge in [0.1, 0.15) is 5.75 Å². The summed E-state index contributed by atoms with van der Waals surface area (Å²) in [5.74, 6) is 0.593. The number of carbonyl (C=O) groups excluding carboxylic acids is 1. The summed E-state index contributed by atoms with van der Waals surface area (Å²) >= 11 is 0. The molecule has 144 valence electrons. The van der Waals surface area contributed by atoms with Gasteiger partial charge in [0.05, 0.1) is 29.2 Å². The lowest BCUT2D eigenvalue weighted by molar-refractivity contribution is 0.0950. The number of hydrogen-bond acceptors (Lipinski definition) is 4. The molecule has 1 aromatic heterocycles. The van der Waals surface area contributed by atoms with Gasteiger partial charge in [-0.25, -0.2) is 0 Å². The summed E-state index contributed by atoms with van der Waals surface area (Å²) in [7, 11) is 0. The molecule has 0 radical (unpaired) electrons. The van der Waals surface area contributed by atoms with Crippen LogP contribution in [0, 0.1) is 6.92 Å². The van der Waals surface area contributed by atoms with Gasteiger partial charge in [0.15, 0.2) is 0 Å². The molecule has 5 nitrogen and oxygen atoms in total. The smallest absolute Gasteiger partial charge is 0.253 e. The molecular weight excluding hydrogens is 350 g/mol. The highest BCUT2D eigenvalue weighted by molar-refractivity contribution is 5.94. The zero-order chi connectivity index (χ0) is 19.9. The van der Waals surface area contributed by atoms with E-state index in [4.69, 9.17) is 4.74 Å². The average Bonchev–Trinajstić information content (AvgIpc) is 2.69. The van der Waals surface area contributed by atoms with Gasteiger partial charge in [-0.15, -0.1) is 0 Å². The molecule has 3 aromatic rings. The molecule has 2 aromatic carbocycles. The van der Waals surface area contributed by atoms with Gasteiger partial charge in [0, 0.05) is 12.7 Å². The van der Waals surface area contributed by atoms with Crippen LogP contribution < -0.4 is 15.4 Å². The Hall–Kier alpha value is -3.34. The van der Waals surface area contributed by atoms with Gasteiger partial charge in [0.25, 0.3) is 5.91 Å². The maximum absolute atomic E-state index is 12.5. The van der Waals surface area contributed by atoms with Crippen molar-refractivity contribution < 1.29 is 9.53 Å². The Morgan fingerprint density at radius 2 is 1.82 bits per heavy atom. The SMILES string of the molecule is Cc1ccc(CNC(=O)c2cncc(Nc3ccccc3OC(C)C)c2)cc1. The highest BCUT2D eigenvalue weighted by atomic mass is 16.5. The number of para-hydroxylation sites is 2. The molecule has 3 rings (SSSR count). The van der Waals surface area contributed by atoms with E-state index in [9.17, 15) is 4.79 Å². The molecule has 0 bridgehead atoms. The molecule has 0 aliphatic heterocycles. The van der Waals surface area contributed by atoms with Crippen LogP contribution in [0.2, 0.25) is 0 Å². The van der Waals surface area contributed by atoms with E-state index in [1.807, 2.05) is 69.3 Å². The van der Waals surface area contributed by atoms with Crippen molar-refractivity contribution in [2.75, 3.05) is 5.32 Å². The topological polar surface area (TPSA) is 63.2 Å². The predicted octanol–water partition coefficient (Wildman–Crippen LogP) is 4.85. The van der Waals surface area contributed by atoms with E-state index in [0.29, 0.717) is 12.1 Å². The first-order chi connectivity index (χ1) is 13.5. The first-order valence-electron chi connectivity index (χ1n) is 9.33. The molecular formula is C23H25N3O2. The van der Waals surface area contributed by atoms with Crippen molar-refractivity contribution in [2.24, 2.45) is 0 Å². The summed E-state index contributed by atoms with van der Waals surface area (Å²) in [4.78, 5) is 16.7. The second kappa shape index (κ2) is 9.04. The van der Waals surface area contributed by atoms with Gasteiger partial charge in [-0.1, -0.05) is 42.0 Å². The van der Waals surface area contributed by atoms with Crippen LogP contribution in [-0.2, 0) is 6.54 Å². The van der Waals surface area contributed by atoms with E-state index >= 15 is 0 Å². The Bertz CT molecular complexity index is 937. The highest BCUT2D eigenvalue weighted by Gasteiger charge is 2.09. The molecule has 5 heteroatoms. The number of ether oxygens (including phenoxy) is 1. The van der Waals surface area contributed by atoms with Gasteiger partial charge >= 0.3 is 0 Å². The zero-order valence-electron chi connectivity index (χ0n) is 16.4. The molecule has 2 N–H and O–H groups in total. The predicted molar refractivity (Wildman–Crippen MR) is 112 cm³/mol. The summed E-state index contributed by atoms with van der Waals surface area (Å²) in [6.07, 6.45) is 3.31. The van der Waals surface area contributed by atoms with Crippen LogP contribution in [0.3, 0.4) is 0 Å². The molecule has 1 heterocycles. The monoisotopic (exact) mass is 375 g/mol. The van der Waals surface area contributed by atoms with Gasteiger partial charge in [-0.05, 0) is 44.5 Å². The third-order valence-corrected chi connectivity index (χ3v) is 4.10. The number of aryl methyl sites for hydroxylation is 1. The zero-order valence-corrected chi connectivity index (χ0v) is 16.4. The van der Waals surface area contributed by atoms with Crippen LogP contribution in [0.1, 0.15) is 35.3 Å². The fourth-order valence-electron chi connectivity index (χ4n) is 2.70. The maximum Gasteiger partial charge on any atom is 0.253 e. The molecule has 0 fully saturated rings.